The smallest absolute Gasteiger partial charge is 0.361 e. The number of rotatable bonds is 6. The summed E-state index contributed by atoms with van der Waals surface area (Å²) in [5.41, 5.74) is 3.05. The van der Waals surface area contributed by atoms with E-state index in [2.05, 4.69) is 10.5 Å². The van der Waals surface area contributed by atoms with Gasteiger partial charge in [-0.25, -0.2) is 15.3 Å². The molecule has 0 spiro atoms. The van der Waals surface area contributed by atoms with Crippen LogP contribution in [0.5, 0.6) is 0 Å². The molecule has 0 unspecified atom stereocenters. The quantitative estimate of drug-likeness (QED) is 0.784. The standard InChI is InChI=1S/C13H12Cl3N3O3/c1-2-21-7-19-11(16)10(15)17-12(19)13(20)22-18-9-5-3-8(14)4-6-9/h3-6,18H,2,7H2,1H3. The van der Waals surface area contributed by atoms with Crippen LogP contribution in [-0.4, -0.2) is 22.1 Å². The van der Waals surface area contributed by atoms with Crippen molar-refractivity contribution < 1.29 is 14.4 Å². The van der Waals surface area contributed by atoms with Gasteiger partial charge in [0, 0.05) is 11.6 Å². The van der Waals surface area contributed by atoms with Crippen molar-refractivity contribution in [2.75, 3.05) is 12.1 Å². The van der Waals surface area contributed by atoms with E-state index in [9.17, 15) is 4.79 Å². The fraction of sp³-hybridized carbons (Fsp3) is 0.231. The Bertz CT molecular complexity index is 659. The molecule has 0 bridgehead atoms. The summed E-state index contributed by atoms with van der Waals surface area (Å²) in [7, 11) is 0. The third kappa shape index (κ3) is 4.04. The summed E-state index contributed by atoms with van der Waals surface area (Å²) >= 11 is 17.6. The van der Waals surface area contributed by atoms with Crippen LogP contribution in [0.25, 0.3) is 0 Å². The highest BCUT2D eigenvalue weighted by Gasteiger charge is 2.22. The Hall–Kier alpha value is -1.47. The normalized spacial score (nSPS) is 10.5. The predicted octanol–water partition coefficient (Wildman–Crippen LogP) is 4.02. The van der Waals surface area contributed by atoms with Crippen LogP contribution in [0.15, 0.2) is 24.3 Å². The van der Waals surface area contributed by atoms with E-state index < -0.39 is 5.97 Å². The molecule has 2 rings (SSSR count). The van der Waals surface area contributed by atoms with Gasteiger partial charge in [-0.1, -0.05) is 34.8 Å². The monoisotopic (exact) mass is 363 g/mol. The van der Waals surface area contributed by atoms with Gasteiger partial charge in [0.1, 0.15) is 11.9 Å². The van der Waals surface area contributed by atoms with Gasteiger partial charge in [0.2, 0.25) is 5.82 Å². The zero-order valence-corrected chi connectivity index (χ0v) is 13.7. The fourth-order valence-corrected chi connectivity index (χ4v) is 2.01. The number of nitrogens with one attached hydrogen (secondary N) is 1. The molecule has 9 heteroatoms. The fourth-order valence-electron chi connectivity index (χ4n) is 1.53. The summed E-state index contributed by atoms with van der Waals surface area (Å²) in [6, 6.07) is 6.62. The van der Waals surface area contributed by atoms with Gasteiger partial charge in [-0.05, 0) is 31.2 Å². The lowest BCUT2D eigenvalue weighted by atomic mass is 10.3. The molecule has 1 aromatic carbocycles. The van der Waals surface area contributed by atoms with Crippen LogP contribution in [0.4, 0.5) is 5.69 Å². The van der Waals surface area contributed by atoms with Gasteiger partial charge in [-0.2, -0.15) is 0 Å². The largest absolute Gasteiger partial charge is 0.398 e. The van der Waals surface area contributed by atoms with Gasteiger partial charge in [0.25, 0.3) is 0 Å². The second-order valence-corrected chi connectivity index (χ2v) is 5.22. The van der Waals surface area contributed by atoms with Gasteiger partial charge < -0.3 is 9.57 Å². The van der Waals surface area contributed by atoms with E-state index in [1.54, 1.807) is 24.3 Å². The summed E-state index contributed by atoms with van der Waals surface area (Å²) in [6.07, 6.45) is 0. The van der Waals surface area contributed by atoms with E-state index in [1.807, 2.05) is 6.92 Å². The molecule has 0 atom stereocenters. The Balaban J connectivity index is 2.08. The van der Waals surface area contributed by atoms with E-state index >= 15 is 0 Å². The highest BCUT2D eigenvalue weighted by atomic mass is 35.5. The molecular formula is C13H12Cl3N3O3. The van der Waals surface area contributed by atoms with Crippen LogP contribution in [0.3, 0.4) is 0 Å². The molecule has 1 aromatic heterocycles. The van der Waals surface area contributed by atoms with E-state index in [0.29, 0.717) is 17.3 Å². The molecule has 0 aliphatic carbocycles. The molecule has 118 valence electrons. The summed E-state index contributed by atoms with van der Waals surface area (Å²) in [6.45, 7) is 2.30. The molecule has 2 aromatic rings. The Kier molecular flexibility index (Phi) is 5.90. The van der Waals surface area contributed by atoms with Gasteiger partial charge >= 0.3 is 5.97 Å². The molecule has 0 saturated carbocycles. The van der Waals surface area contributed by atoms with Crippen LogP contribution in [0, 0.1) is 0 Å². The molecule has 22 heavy (non-hydrogen) atoms. The first-order chi connectivity index (χ1) is 10.5. The average molecular weight is 365 g/mol. The maximum atomic E-state index is 12.1. The molecule has 0 saturated heterocycles. The number of aromatic nitrogens is 2. The minimum atomic E-state index is -0.747. The van der Waals surface area contributed by atoms with Crippen molar-refractivity contribution in [1.82, 2.24) is 9.55 Å². The third-order valence-corrected chi connectivity index (χ3v) is 3.58. The number of anilines is 1. The van der Waals surface area contributed by atoms with Crippen molar-refractivity contribution in [3.8, 4) is 0 Å². The lowest BCUT2D eigenvalue weighted by molar-refractivity contribution is 0.0528. The Labute approximate surface area is 141 Å². The van der Waals surface area contributed by atoms with Gasteiger partial charge in [0.05, 0.1) is 5.69 Å². The maximum absolute atomic E-state index is 12.1. The Morgan fingerprint density at radius 3 is 2.59 bits per heavy atom. The second-order valence-electron chi connectivity index (χ2n) is 4.07. The van der Waals surface area contributed by atoms with Crippen molar-refractivity contribution in [2.45, 2.75) is 13.7 Å². The zero-order valence-electron chi connectivity index (χ0n) is 11.5. The summed E-state index contributed by atoms with van der Waals surface area (Å²) in [5.74, 6) is -0.812. The van der Waals surface area contributed by atoms with Crippen LogP contribution < -0.4 is 5.48 Å². The van der Waals surface area contributed by atoms with Gasteiger partial charge in [-0.3, -0.25) is 4.57 Å². The molecule has 6 nitrogen and oxygen atoms in total. The van der Waals surface area contributed by atoms with Crippen LogP contribution in [0.2, 0.25) is 15.3 Å². The molecular weight excluding hydrogens is 353 g/mol. The molecule has 0 fully saturated rings. The minimum absolute atomic E-state index is 0.000173. The van der Waals surface area contributed by atoms with E-state index in [1.165, 1.54) is 4.57 Å². The van der Waals surface area contributed by atoms with Crippen molar-refractivity contribution in [3.05, 3.63) is 45.4 Å². The SMILES string of the molecule is CCOCn1c(C(=O)ONc2ccc(Cl)cc2)nc(Cl)c1Cl. The number of hydrogen-bond donors (Lipinski definition) is 1. The first kappa shape index (κ1) is 16.9. The number of benzene rings is 1. The van der Waals surface area contributed by atoms with Gasteiger partial charge in [-0.15, -0.1) is 0 Å². The van der Waals surface area contributed by atoms with E-state index in [0.717, 1.165) is 0 Å². The van der Waals surface area contributed by atoms with Crippen molar-refractivity contribution in [3.63, 3.8) is 0 Å². The lowest BCUT2D eigenvalue weighted by Gasteiger charge is -2.09. The van der Waals surface area contributed by atoms with Crippen molar-refractivity contribution in [1.29, 1.82) is 0 Å². The molecule has 1 heterocycles. The predicted molar refractivity (Wildman–Crippen MR) is 84.4 cm³/mol. The first-order valence-corrected chi connectivity index (χ1v) is 7.38. The number of halogens is 3. The van der Waals surface area contributed by atoms with E-state index in [4.69, 9.17) is 44.4 Å². The molecule has 1 N–H and O–H groups in total. The van der Waals surface area contributed by atoms with Crippen LogP contribution in [-0.2, 0) is 16.3 Å². The van der Waals surface area contributed by atoms with E-state index in [-0.39, 0.29) is 22.9 Å². The number of carbonyl (C=O) groups is 1. The average Bonchev–Trinajstić information content (AvgIpc) is 2.80. The number of hydrogen-bond acceptors (Lipinski definition) is 5. The summed E-state index contributed by atoms with van der Waals surface area (Å²) in [5, 5.41) is 0.677. The highest BCUT2D eigenvalue weighted by Crippen LogP contribution is 2.23. The number of ether oxygens (including phenoxy) is 1. The van der Waals surface area contributed by atoms with Crippen molar-refractivity contribution in [2.24, 2.45) is 0 Å². The molecule has 0 amide bonds. The Morgan fingerprint density at radius 1 is 1.27 bits per heavy atom. The molecule has 0 aliphatic rings. The molecule has 0 aliphatic heterocycles. The second kappa shape index (κ2) is 7.69. The summed E-state index contributed by atoms with van der Waals surface area (Å²) in [4.78, 5) is 20.9. The minimum Gasteiger partial charge on any atom is -0.361 e. The van der Waals surface area contributed by atoms with Crippen LogP contribution >= 0.6 is 34.8 Å². The molecule has 0 radical (unpaired) electrons. The zero-order chi connectivity index (χ0) is 16.1. The number of carbonyl (C=O) groups excluding carboxylic acids is 1. The highest BCUT2D eigenvalue weighted by molar-refractivity contribution is 6.40. The number of imidazole rings is 1. The topological polar surface area (TPSA) is 65.4 Å². The lowest BCUT2D eigenvalue weighted by Crippen LogP contribution is -2.17. The number of nitrogens with zero attached hydrogens (tertiary/aromatic N) is 2. The maximum Gasteiger partial charge on any atom is 0.398 e. The van der Waals surface area contributed by atoms with Crippen molar-refractivity contribution >= 4 is 46.5 Å². The third-order valence-electron chi connectivity index (χ3n) is 2.58. The first-order valence-electron chi connectivity index (χ1n) is 6.25. The van der Waals surface area contributed by atoms with Crippen LogP contribution in [0.1, 0.15) is 17.5 Å². The Morgan fingerprint density at radius 2 is 1.95 bits per heavy atom. The summed E-state index contributed by atoms with van der Waals surface area (Å²) < 4.78 is 6.54. The van der Waals surface area contributed by atoms with Gasteiger partial charge in [0.15, 0.2) is 5.15 Å².